The molecule has 0 aliphatic heterocycles. The number of carbonyl (C=O) groups is 1. The van der Waals surface area contributed by atoms with E-state index in [-0.39, 0.29) is 5.56 Å². The molecule has 3 rings (SSSR count). The van der Waals surface area contributed by atoms with Crippen LogP contribution in [0.3, 0.4) is 0 Å². The van der Waals surface area contributed by atoms with Gasteiger partial charge in [0.25, 0.3) is 5.91 Å². The predicted molar refractivity (Wildman–Crippen MR) is 68.6 cm³/mol. The van der Waals surface area contributed by atoms with E-state index in [1.165, 1.54) is 16.8 Å². The fourth-order valence-corrected chi connectivity index (χ4v) is 1.38. The average molecular weight is 257 g/mol. The van der Waals surface area contributed by atoms with Crippen LogP contribution in [-0.2, 0) is 0 Å². The molecule has 7 nitrogen and oxygen atoms in total. The summed E-state index contributed by atoms with van der Waals surface area (Å²) in [6.45, 7) is 0. The summed E-state index contributed by atoms with van der Waals surface area (Å²) < 4.78 is 1.50. The van der Waals surface area contributed by atoms with Gasteiger partial charge in [-0.1, -0.05) is 6.07 Å². The summed E-state index contributed by atoms with van der Waals surface area (Å²) >= 11 is 0. The van der Waals surface area contributed by atoms with Gasteiger partial charge in [-0.2, -0.15) is 5.10 Å². The molecule has 3 aromatic rings. The van der Waals surface area contributed by atoms with Crippen LogP contribution >= 0.6 is 0 Å². The van der Waals surface area contributed by atoms with Crippen molar-refractivity contribution < 1.29 is 4.79 Å². The minimum absolute atomic E-state index is 0.0532. The van der Waals surface area contributed by atoms with Crippen LogP contribution < -0.4 is 11.3 Å². The lowest BCUT2D eigenvalue weighted by molar-refractivity contribution is 0.100. The van der Waals surface area contributed by atoms with E-state index < -0.39 is 5.91 Å². The lowest BCUT2D eigenvalue weighted by Crippen LogP contribution is -2.10. The van der Waals surface area contributed by atoms with E-state index in [4.69, 9.17) is 5.73 Å². The summed E-state index contributed by atoms with van der Waals surface area (Å²) in [4.78, 5) is 27.5. The molecule has 96 valence electrons. The first-order valence-corrected chi connectivity index (χ1v) is 5.40. The number of amides is 1. The van der Waals surface area contributed by atoms with E-state index in [2.05, 4.69) is 15.1 Å². The number of nitrogens with zero attached hydrogens (tertiary/aromatic N) is 3. The molecule has 0 aromatic carbocycles. The van der Waals surface area contributed by atoms with Gasteiger partial charge in [0, 0.05) is 24.7 Å². The number of carbonyl (C=O) groups excluding carboxylic acids is 1. The van der Waals surface area contributed by atoms with Crippen molar-refractivity contribution in [3.8, 4) is 0 Å². The highest BCUT2D eigenvalue weighted by atomic mass is 16.1. The monoisotopic (exact) mass is 257 g/mol. The van der Waals surface area contributed by atoms with Crippen LogP contribution in [0.1, 0.15) is 10.4 Å². The van der Waals surface area contributed by atoms with Gasteiger partial charge in [-0.25, -0.2) is 9.50 Å². The first-order chi connectivity index (χ1) is 9.18. The Labute approximate surface area is 107 Å². The third-order valence-corrected chi connectivity index (χ3v) is 2.23. The molecular weight excluding hydrogens is 246 g/mol. The number of aromatic nitrogens is 4. The molecule has 0 aliphatic rings. The van der Waals surface area contributed by atoms with Crippen LogP contribution in [0.4, 0.5) is 0 Å². The Hall–Kier alpha value is -2.96. The predicted octanol–water partition coefficient (Wildman–Crippen LogP) is 0.203. The molecule has 19 heavy (non-hydrogen) atoms. The summed E-state index contributed by atoms with van der Waals surface area (Å²) in [6, 6.07) is 6.66. The number of nitrogens with one attached hydrogen (secondary N) is 1. The molecule has 0 spiro atoms. The zero-order chi connectivity index (χ0) is 13.7. The standard InChI is InChI=1S/C7H6N4O.C5H5NO/c8-6(12)5-4-10-11-3-1-2-9-7(5)11;7-5-3-1-2-4-6-5/h1-4H,(H2,8,12);1-4H,(H,6,7). The maximum absolute atomic E-state index is 10.8. The minimum Gasteiger partial charge on any atom is -0.365 e. The Morgan fingerprint density at radius 1 is 1.32 bits per heavy atom. The SMILES string of the molecule is NC(=O)c1cnn2cccnc12.O=c1cccc[nH]1. The molecule has 3 heterocycles. The van der Waals surface area contributed by atoms with Gasteiger partial charge >= 0.3 is 0 Å². The zero-order valence-electron chi connectivity index (χ0n) is 9.85. The van der Waals surface area contributed by atoms with E-state index >= 15 is 0 Å². The van der Waals surface area contributed by atoms with E-state index in [0.29, 0.717) is 11.2 Å². The van der Waals surface area contributed by atoms with Crippen molar-refractivity contribution in [1.82, 2.24) is 19.6 Å². The lowest BCUT2D eigenvalue weighted by atomic mass is 10.3. The highest BCUT2D eigenvalue weighted by Crippen LogP contribution is 2.04. The van der Waals surface area contributed by atoms with Crippen molar-refractivity contribution in [2.75, 3.05) is 0 Å². The Bertz CT molecular complexity index is 729. The van der Waals surface area contributed by atoms with Crippen LogP contribution in [0.2, 0.25) is 0 Å². The summed E-state index contributed by atoms with van der Waals surface area (Å²) in [5.74, 6) is -0.510. The van der Waals surface area contributed by atoms with Gasteiger partial charge in [0.1, 0.15) is 5.56 Å². The van der Waals surface area contributed by atoms with Gasteiger partial charge in [0.2, 0.25) is 5.56 Å². The molecule has 0 saturated carbocycles. The van der Waals surface area contributed by atoms with Crippen LogP contribution in [0, 0.1) is 0 Å². The largest absolute Gasteiger partial charge is 0.365 e. The first-order valence-electron chi connectivity index (χ1n) is 5.40. The van der Waals surface area contributed by atoms with Crippen molar-refractivity contribution in [3.63, 3.8) is 0 Å². The number of nitrogens with two attached hydrogens (primary N) is 1. The summed E-state index contributed by atoms with van der Waals surface area (Å²) in [7, 11) is 0. The summed E-state index contributed by atoms with van der Waals surface area (Å²) in [5, 5.41) is 3.89. The molecule has 0 fully saturated rings. The molecule has 3 aromatic heterocycles. The van der Waals surface area contributed by atoms with Gasteiger partial charge in [0.05, 0.1) is 6.20 Å². The number of primary amides is 1. The van der Waals surface area contributed by atoms with E-state index in [1.807, 2.05) is 0 Å². The minimum atomic E-state index is -0.510. The number of hydrogen-bond donors (Lipinski definition) is 2. The molecular formula is C12H11N5O2. The van der Waals surface area contributed by atoms with Crippen molar-refractivity contribution in [2.24, 2.45) is 5.73 Å². The Morgan fingerprint density at radius 3 is 2.74 bits per heavy atom. The van der Waals surface area contributed by atoms with Gasteiger partial charge in [0.15, 0.2) is 5.65 Å². The summed E-state index contributed by atoms with van der Waals surface area (Å²) in [5.41, 5.74) is 5.87. The van der Waals surface area contributed by atoms with Gasteiger partial charge < -0.3 is 10.7 Å². The van der Waals surface area contributed by atoms with Gasteiger partial charge in [-0.05, 0) is 12.1 Å². The van der Waals surface area contributed by atoms with Crippen molar-refractivity contribution in [3.05, 3.63) is 65.0 Å². The lowest BCUT2D eigenvalue weighted by Gasteiger charge is -1.90. The molecule has 0 bridgehead atoms. The third-order valence-electron chi connectivity index (χ3n) is 2.23. The van der Waals surface area contributed by atoms with Gasteiger partial charge in [-0.3, -0.25) is 9.59 Å². The van der Waals surface area contributed by atoms with Crippen molar-refractivity contribution in [1.29, 1.82) is 0 Å². The number of aromatic amines is 1. The molecule has 3 N–H and O–H groups in total. The molecule has 0 saturated heterocycles. The van der Waals surface area contributed by atoms with Crippen LogP contribution in [0.15, 0.2) is 53.8 Å². The molecule has 0 aliphatic carbocycles. The number of hydrogen-bond acceptors (Lipinski definition) is 4. The number of rotatable bonds is 1. The van der Waals surface area contributed by atoms with Crippen molar-refractivity contribution in [2.45, 2.75) is 0 Å². The Kier molecular flexibility index (Phi) is 3.67. The Balaban J connectivity index is 0.000000163. The smallest absolute Gasteiger partial charge is 0.254 e. The van der Waals surface area contributed by atoms with Crippen LogP contribution in [0.25, 0.3) is 5.65 Å². The number of H-pyrrole nitrogens is 1. The molecule has 0 radical (unpaired) electrons. The third kappa shape index (κ3) is 3.03. The maximum Gasteiger partial charge on any atom is 0.254 e. The first kappa shape index (κ1) is 12.5. The number of pyridine rings is 1. The second-order valence-corrected chi connectivity index (χ2v) is 3.54. The quantitative estimate of drug-likeness (QED) is 0.649. The average Bonchev–Trinajstić information content (AvgIpc) is 2.84. The van der Waals surface area contributed by atoms with E-state index in [9.17, 15) is 9.59 Å². The molecule has 0 atom stereocenters. The van der Waals surface area contributed by atoms with Crippen LogP contribution in [-0.4, -0.2) is 25.5 Å². The summed E-state index contributed by atoms with van der Waals surface area (Å²) in [6.07, 6.45) is 6.30. The second kappa shape index (κ2) is 5.58. The fourth-order valence-electron chi connectivity index (χ4n) is 1.38. The molecule has 1 amide bonds. The van der Waals surface area contributed by atoms with E-state index in [1.54, 1.807) is 36.8 Å². The zero-order valence-corrected chi connectivity index (χ0v) is 9.85. The number of fused-ring (bicyclic) bond motifs is 1. The molecule has 7 heteroatoms. The van der Waals surface area contributed by atoms with Crippen LogP contribution in [0.5, 0.6) is 0 Å². The highest BCUT2D eigenvalue weighted by molar-refractivity contribution is 5.98. The maximum atomic E-state index is 10.8. The second-order valence-electron chi connectivity index (χ2n) is 3.54. The van der Waals surface area contributed by atoms with Crippen molar-refractivity contribution >= 4 is 11.6 Å². The highest BCUT2D eigenvalue weighted by Gasteiger charge is 2.08. The topological polar surface area (TPSA) is 106 Å². The van der Waals surface area contributed by atoms with E-state index in [0.717, 1.165) is 0 Å². The molecule has 0 unspecified atom stereocenters. The fraction of sp³-hybridized carbons (Fsp3) is 0. The normalized spacial score (nSPS) is 9.68. The van der Waals surface area contributed by atoms with Gasteiger partial charge in [-0.15, -0.1) is 0 Å². The Morgan fingerprint density at radius 2 is 2.16 bits per heavy atom.